The fraction of sp³-hybridized carbons (Fsp3) is 0.556. The molecule has 1 atom stereocenters. The molecule has 0 saturated carbocycles. The Labute approximate surface area is 86.5 Å². The number of hydrogen-bond donors (Lipinski definition) is 2. The summed E-state index contributed by atoms with van der Waals surface area (Å²) in [4.78, 5) is 16.6. The predicted molar refractivity (Wildman–Crippen MR) is 53.2 cm³/mol. The number of nitrogens with one attached hydrogen (secondary N) is 1. The van der Waals surface area contributed by atoms with Crippen LogP contribution in [0.2, 0.25) is 0 Å². The van der Waals surface area contributed by atoms with Crippen LogP contribution >= 0.6 is 0 Å². The topological polar surface area (TPSA) is 81.0 Å². The highest BCUT2D eigenvalue weighted by atomic mass is 19.1. The van der Waals surface area contributed by atoms with Gasteiger partial charge in [-0.2, -0.15) is 4.39 Å². The fourth-order valence-corrected chi connectivity index (χ4v) is 1.14. The van der Waals surface area contributed by atoms with Gasteiger partial charge in [-0.3, -0.25) is 4.79 Å². The quantitative estimate of drug-likeness (QED) is 0.745. The minimum absolute atomic E-state index is 0.209. The largest absolute Gasteiger partial charge is 0.472 e. The lowest BCUT2D eigenvalue weighted by molar-refractivity contribution is 0.172. The van der Waals surface area contributed by atoms with Crippen molar-refractivity contribution in [3.05, 3.63) is 22.5 Å². The summed E-state index contributed by atoms with van der Waals surface area (Å²) < 4.78 is 18.4. The third kappa shape index (κ3) is 3.02. The van der Waals surface area contributed by atoms with E-state index in [4.69, 9.17) is 10.5 Å². The summed E-state index contributed by atoms with van der Waals surface area (Å²) in [5, 5.41) is 0. The van der Waals surface area contributed by atoms with Crippen LogP contribution in [-0.2, 0) is 0 Å². The number of H-pyrrole nitrogens is 1. The molecule has 5 nitrogen and oxygen atoms in total. The van der Waals surface area contributed by atoms with Crippen LogP contribution in [0, 0.1) is 5.82 Å². The SMILES string of the molecule is CCC(CCN)Oc1nc[nH]c(=O)c1F. The van der Waals surface area contributed by atoms with Crippen LogP contribution in [0.3, 0.4) is 0 Å². The summed E-state index contributed by atoms with van der Waals surface area (Å²) in [5.74, 6) is -1.26. The third-order valence-electron chi connectivity index (χ3n) is 1.99. The highest BCUT2D eigenvalue weighted by Crippen LogP contribution is 2.12. The normalized spacial score (nSPS) is 12.5. The third-order valence-corrected chi connectivity index (χ3v) is 1.99. The van der Waals surface area contributed by atoms with E-state index in [0.717, 1.165) is 6.33 Å². The van der Waals surface area contributed by atoms with E-state index in [0.29, 0.717) is 19.4 Å². The molecule has 1 aromatic heterocycles. The zero-order valence-corrected chi connectivity index (χ0v) is 8.50. The molecule has 0 radical (unpaired) electrons. The van der Waals surface area contributed by atoms with Gasteiger partial charge in [0.2, 0.25) is 5.82 Å². The van der Waals surface area contributed by atoms with Crippen molar-refractivity contribution < 1.29 is 9.13 Å². The molecule has 15 heavy (non-hydrogen) atoms. The molecule has 0 bridgehead atoms. The maximum absolute atomic E-state index is 13.2. The molecule has 3 N–H and O–H groups in total. The Kier molecular flexibility index (Phi) is 4.23. The Balaban J connectivity index is 2.79. The van der Waals surface area contributed by atoms with Gasteiger partial charge in [0.1, 0.15) is 6.10 Å². The van der Waals surface area contributed by atoms with Crippen LogP contribution in [-0.4, -0.2) is 22.6 Å². The Bertz CT molecular complexity index is 367. The van der Waals surface area contributed by atoms with Crippen LogP contribution in [0.1, 0.15) is 19.8 Å². The molecule has 6 heteroatoms. The van der Waals surface area contributed by atoms with Crippen LogP contribution in [0.4, 0.5) is 4.39 Å². The van der Waals surface area contributed by atoms with Gasteiger partial charge < -0.3 is 15.5 Å². The standard InChI is InChI=1S/C9H14FN3O2/c1-2-6(3-4-11)15-9-7(10)8(14)12-5-13-9/h5-6H,2-4,11H2,1H3,(H,12,13,14). The van der Waals surface area contributed by atoms with Crippen molar-refractivity contribution in [2.24, 2.45) is 5.73 Å². The number of rotatable bonds is 5. The van der Waals surface area contributed by atoms with Gasteiger partial charge in [0, 0.05) is 0 Å². The van der Waals surface area contributed by atoms with Gasteiger partial charge in [0.15, 0.2) is 0 Å². The van der Waals surface area contributed by atoms with Gasteiger partial charge in [0.25, 0.3) is 11.4 Å². The molecule has 0 fully saturated rings. The van der Waals surface area contributed by atoms with Crippen molar-refractivity contribution in [3.8, 4) is 5.88 Å². The molecule has 0 aliphatic rings. The molecule has 0 aliphatic carbocycles. The smallest absolute Gasteiger partial charge is 0.290 e. The van der Waals surface area contributed by atoms with E-state index in [-0.39, 0.29) is 12.0 Å². The first-order valence-electron chi connectivity index (χ1n) is 4.79. The summed E-state index contributed by atoms with van der Waals surface area (Å²) in [6, 6.07) is 0. The molecule has 1 rings (SSSR count). The van der Waals surface area contributed by atoms with Gasteiger partial charge in [-0.1, -0.05) is 6.92 Å². The Morgan fingerprint density at radius 2 is 2.47 bits per heavy atom. The van der Waals surface area contributed by atoms with Gasteiger partial charge in [0.05, 0.1) is 6.33 Å². The lowest BCUT2D eigenvalue weighted by atomic mass is 10.2. The summed E-state index contributed by atoms with van der Waals surface area (Å²) >= 11 is 0. The van der Waals surface area contributed by atoms with Crippen LogP contribution in [0.15, 0.2) is 11.1 Å². The summed E-state index contributed by atoms with van der Waals surface area (Å²) in [7, 11) is 0. The van der Waals surface area contributed by atoms with Crippen LogP contribution in [0.25, 0.3) is 0 Å². The number of nitrogens with zero attached hydrogens (tertiary/aromatic N) is 1. The molecule has 1 unspecified atom stereocenters. The zero-order chi connectivity index (χ0) is 11.3. The predicted octanol–water partition coefficient (Wildman–Crippen LogP) is 0.415. The Hall–Kier alpha value is -1.43. The van der Waals surface area contributed by atoms with Gasteiger partial charge in [-0.05, 0) is 19.4 Å². The lowest BCUT2D eigenvalue weighted by Crippen LogP contribution is -2.23. The van der Waals surface area contributed by atoms with Crippen molar-refractivity contribution in [2.45, 2.75) is 25.9 Å². The molecule has 0 amide bonds. The average molecular weight is 215 g/mol. The summed E-state index contributed by atoms with van der Waals surface area (Å²) in [6.07, 6.45) is 2.18. The monoisotopic (exact) mass is 215 g/mol. The second-order valence-electron chi connectivity index (χ2n) is 3.08. The van der Waals surface area contributed by atoms with E-state index >= 15 is 0 Å². The highest BCUT2D eigenvalue weighted by Gasteiger charge is 2.14. The average Bonchev–Trinajstić information content (AvgIpc) is 2.24. The molecule has 0 saturated heterocycles. The van der Waals surface area contributed by atoms with Crippen LogP contribution in [0.5, 0.6) is 5.88 Å². The number of nitrogens with two attached hydrogens (primary N) is 1. The minimum atomic E-state index is -0.993. The van der Waals surface area contributed by atoms with Crippen molar-refractivity contribution in [1.29, 1.82) is 0 Å². The first-order valence-corrected chi connectivity index (χ1v) is 4.79. The fourth-order valence-electron chi connectivity index (χ4n) is 1.14. The molecule has 1 aromatic rings. The van der Waals surface area contributed by atoms with Gasteiger partial charge in [-0.25, -0.2) is 4.98 Å². The van der Waals surface area contributed by atoms with E-state index in [1.54, 1.807) is 0 Å². The van der Waals surface area contributed by atoms with Crippen molar-refractivity contribution in [3.63, 3.8) is 0 Å². The minimum Gasteiger partial charge on any atom is -0.472 e. The highest BCUT2D eigenvalue weighted by molar-refractivity contribution is 5.09. The second-order valence-corrected chi connectivity index (χ2v) is 3.08. The van der Waals surface area contributed by atoms with Gasteiger partial charge >= 0.3 is 0 Å². The number of ether oxygens (including phenoxy) is 1. The molecule has 0 spiro atoms. The summed E-state index contributed by atoms with van der Waals surface area (Å²) in [5.41, 5.74) is 4.53. The van der Waals surface area contributed by atoms with Crippen molar-refractivity contribution in [2.75, 3.05) is 6.54 Å². The van der Waals surface area contributed by atoms with E-state index in [1.807, 2.05) is 6.92 Å². The molecule has 84 valence electrons. The molecular weight excluding hydrogens is 201 g/mol. The number of aromatic amines is 1. The molecular formula is C9H14FN3O2. The Morgan fingerprint density at radius 1 is 1.73 bits per heavy atom. The first-order chi connectivity index (χ1) is 7.19. The molecule has 1 heterocycles. The molecule has 0 aromatic carbocycles. The molecule has 0 aliphatic heterocycles. The number of aromatic nitrogens is 2. The Morgan fingerprint density at radius 3 is 3.07 bits per heavy atom. The van der Waals surface area contributed by atoms with Crippen molar-refractivity contribution in [1.82, 2.24) is 9.97 Å². The zero-order valence-electron chi connectivity index (χ0n) is 8.50. The van der Waals surface area contributed by atoms with Crippen molar-refractivity contribution >= 4 is 0 Å². The van der Waals surface area contributed by atoms with Gasteiger partial charge in [-0.15, -0.1) is 0 Å². The number of hydrogen-bond acceptors (Lipinski definition) is 4. The lowest BCUT2D eigenvalue weighted by Gasteiger charge is -2.15. The van der Waals surface area contributed by atoms with E-state index in [9.17, 15) is 9.18 Å². The number of halogens is 1. The maximum Gasteiger partial charge on any atom is 0.290 e. The van der Waals surface area contributed by atoms with E-state index < -0.39 is 11.4 Å². The second kappa shape index (κ2) is 5.45. The summed E-state index contributed by atoms with van der Waals surface area (Å²) in [6.45, 7) is 2.34. The maximum atomic E-state index is 13.2. The van der Waals surface area contributed by atoms with Crippen LogP contribution < -0.4 is 16.0 Å². The first kappa shape index (κ1) is 11.6. The van der Waals surface area contributed by atoms with E-state index in [2.05, 4.69) is 9.97 Å². The van der Waals surface area contributed by atoms with E-state index in [1.165, 1.54) is 0 Å².